The number of nitrogens with zero attached hydrogens (tertiary/aromatic N) is 1. The Bertz CT molecular complexity index is 647. The minimum atomic E-state index is -3.65. The van der Waals surface area contributed by atoms with E-state index in [0.717, 1.165) is 11.0 Å². The molecule has 1 aromatic rings. The van der Waals surface area contributed by atoms with Gasteiger partial charge in [0.05, 0.1) is 12.3 Å². The Morgan fingerprint density at radius 1 is 1.42 bits per heavy atom. The van der Waals surface area contributed by atoms with Crippen LogP contribution in [0.15, 0.2) is 18.2 Å². The molecule has 0 aromatic heterocycles. The number of halogens is 3. The molecular formula is C16H20ClF2NO4. The number of anilines is 1. The number of hydrogen-bond acceptors (Lipinski definition) is 4. The van der Waals surface area contributed by atoms with Gasteiger partial charge >= 0.3 is 6.09 Å². The molecule has 1 aliphatic rings. The van der Waals surface area contributed by atoms with Crippen molar-refractivity contribution in [2.24, 2.45) is 0 Å². The third kappa shape index (κ3) is 3.34. The zero-order chi connectivity index (χ0) is 18.3. The summed E-state index contributed by atoms with van der Waals surface area (Å²) in [5, 5.41) is 20.0. The van der Waals surface area contributed by atoms with Gasteiger partial charge in [-0.3, -0.25) is 4.90 Å². The smallest absolute Gasteiger partial charge is 0.414 e. The quantitative estimate of drug-likeness (QED) is 0.803. The fraction of sp³-hybridized carbons (Fsp3) is 0.562. The Morgan fingerprint density at radius 2 is 2.04 bits per heavy atom. The molecule has 0 saturated heterocycles. The summed E-state index contributed by atoms with van der Waals surface area (Å²) >= 11 is 5.87. The lowest BCUT2D eigenvalue weighted by Gasteiger charge is -2.33. The minimum Gasteiger partial charge on any atom is -0.443 e. The van der Waals surface area contributed by atoms with Crippen LogP contribution in [0.1, 0.15) is 32.8 Å². The second-order valence-corrected chi connectivity index (χ2v) is 7.20. The number of carbonyl (C=O) groups is 1. The molecule has 1 aliphatic heterocycles. The van der Waals surface area contributed by atoms with Crippen molar-refractivity contribution in [3.05, 3.63) is 28.8 Å². The minimum absolute atomic E-state index is 0.0300. The maximum Gasteiger partial charge on any atom is 0.414 e. The van der Waals surface area contributed by atoms with Crippen LogP contribution in [-0.4, -0.2) is 41.0 Å². The van der Waals surface area contributed by atoms with Gasteiger partial charge in [-0.1, -0.05) is 11.6 Å². The lowest BCUT2D eigenvalue weighted by molar-refractivity contribution is -0.205. The number of aliphatic hydroxyl groups is 2. The van der Waals surface area contributed by atoms with Gasteiger partial charge in [0, 0.05) is 23.6 Å². The summed E-state index contributed by atoms with van der Waals surface area (Å²) in [5.74, 6) is -3.65. The van der Waals surface area contributed by atoms with Crippen LogP contribution in [0.25, 0.3) is 0 Å². The van der Waals surface area contributed by atoms with Gasteiger partial charge in [0.15, 0.2) is 5.60 Å². The number of fused-ring (bicyclic) bond motifs is 1. The lowest BCUT2D eigenvalue weighted by Crippen LogP contribution is -2.48. The molecule has 8 heteroatoms. The average molecular weight is 364 g/mol. The van der Waals surface area contributed by atoms with Gasteiger partial charge in [-0.15, -0.1) is 0 Å². The molecule has 2 N–H and O–H groups in total. The van der Waals surface area contributed by atoms with Crippen molar-refractivity contribution in [3.8, 4) is 0 Å². The van der Waals surface area contributed by atoms with E-state index in [0.29, 0.717) is 0 Å². The van der Waals surface area contributed by atoms with Crippen LogP contribution in [0.5, 0.6) is 0 Å². The normalized spacial score (nSPS) is 23.4. The molecule has 0 spiro atoms. The van der Waals surface area contributed by atoms with Gasteiger partial charge in [0.1, 0.15) is 5.60 Å². The molecule has 0 aliphatic carbocycles. The Balaban J connectivity index is 2.59. The largest absolute Gasteiger partial charge is 0.443 e. The van der Waals surface area contributed by atoms with Gasteiger partial charge in [-0.2, -0.15) is 0 Å². The first-order valence-corrected chi connectivity index (χ1v) is 7.81. The molecule has 2 rings (SSSR count). The van der Waals surface area contributed by atoms with Crippen molar-refractivity contribution in [2.75, 3.05) is 18.1 Å². The molecule has 1 heterocycles. The maximum absolute atomic E-state index is 14.5. The standard InChI is InChI=1S/C16H20ClF2NO4/c1-14(2,3)24-13(22)20-7-6-16(18,19)15(23,9-21)11-8-10(17)4-5-12(11)20/h4-5,8,21,23H,6-7,9H2,1-3H3/t15-/m1/s1. The predicted molar refractivity (Wildman–Crippen MR) is 85.6 cm³/mol. The van der Waals surface area contributed by atoms with E-state index in [1.54, 1.807) is 20.8 Å². The van der Waals surface area contributed by atoms with Crippen LogP contribution in [-0.2, 0) is 10.3 Å². The van der Waals surface area contributed by atoms with Crippen LogP contribution in [0.3, 0.4) is 0 Å². The highest BCUT2D eigenvalue weighted by atomic mass is 35.5. The van der Waals surface area contributed by atoms with Crippen LogP contribution >= 0.6 is 11.6 Å². The number of aliphatic hydroxyl groups excluding tert-OH is 1. The summed E-state index contributed by atoms with van der Waals surface area (Å²) in [4.78, 5) is 13.4. The topological polar surface area (TPSA) is 70.0 Å². The Hall–Kier alpha value is -1.44. The number of rotatable bonds is 1. The van der Waals surface area contributed by atoms with Crippen molar-refractivity contribution in [3.63, 3.8) is 0 Å². The molecular weight excluding hydrogens is 344 g/mol. The monoisotopic (exact) mass is 363 g/mol. The maximum atomic E-state index is 14.5. The zero-order valence-electron chi connectivity index (χ0n) is 13.6. The summed E-state index contributed by atoms with van der Waals surface area (Å²) in [5.41, 5.74) is -3.94. The van der Waals surface area contributed by atoms with Gasteiger partial charge in [-0.25, -0.2) is 13.6 Å². The third-order valence-corrected chi connectivity index (χ3v) is 4.03. The predicted octanol–water partition coefficient (Wildman–Crippen LogP) is 3.30. The molecule has 1 aromatic carbocycles. The molecule has 0 radical (unpaired) electrons. The number of carbonyl (C=O) groups excluding carboxylic acids is 1. The van der Waals surface area contributed by atoms with E-state index in [9.17, 15) is 23.8 Å². The van der Waals surface area contributed by atoms with Crippen LogP contribution < -0.4 is 4.90 Å². The first-order valence-electron chi connectivity index (χ1n) is 7.43. The molecule has 134 valence electrons. The van der Waals surface area contributed by atoms with Gasteiger partial charge in [-0.05, 0) is 39.0 Å². The van der Waals surface area contributed by atoms with Crippen molar-refractivity contribution >= 4 is 23.4 Å². The fourth-order valence-electron chi connectivity index (χ4n) is 2.56. The highest BCUT2D eigenvalue weighted by molar-refractivity contribution is 6.30. The van der Waals surface area contributed by atoms with Crippen LogP contribution in [0.2, 0.25) is 5.02 Å². The zero-order valence-corrected chi connectivity index (χ0v) is 14.4. The average Bonchev–Trinajstić information content (AvgIpc) is 2.52. The van der Waals surface area contributed by atoms with Crippen molar-refractivity contribution in [2.45, 2.75) is 44.3 Å². The molecule has 1 amide bonds. The number of ether oxygens (including phenoxy) is 1. The van der Waals surface area contributed by atoms with Crippen molar-refractivity contribution in [1.29, 1.82) is 0 Å². The van der Waals surface area contributed by atoms with E-state index in [1.807, 2.05) is 0 Å². The highest BCUT2D eigenvalue weighted by Crippen LogP contribution is 2.47. The van der Waals surface area contributed by atoms with Crippen LogP contribution in [0, 0.1) is 0 Å². The molecule has 0 saturated carbocycles. The van der Waals surface area contributed by atoms with Crippen molar-refractivity contribution in [1.82, 2.24) is 0 Å². The van der Waals surface area contributed by atoms with Gasteiger partial charge in [0.2, 0.25) is 0 Å². The first kappa shape index (κ1) is 18.9. The van der Waals surface area contributed by atoms with Crippen LogP contribution in [0.4, 0.5) is 19.3 Å². The number of alkyl halides is 2. The molecule has 5 nitrogen and oxygen atoms in total. The molecule has 0 bridgehead atoms. The van der Waals surface area contributed by atoms with Crippen molar-refractivity contribution < 1.29 is 28.5 Å². The summed E-state index contributed by atoms with van der Waals surface area (Å²) in [6, 6.07) is 3.90. The fourth-order valence-corrected chi connectivity index (χ4v) is 2.73. The third-order valence-electron chi connectivity index (χ3n) is 3.79. The molecule has 1 atom stereocenters. The Kier molecular flexibility index (Phi) is 4.82. The summed E-state index contributed by atoms with van der Waals surface area (Å²) in [6.07, 6.45) is -1.65. The number of benzene rings is 1. The summed E-state index contributed by atoms with van der Waals surface area (Å²) in [7, 11) is 0. The van der Waals surface area contributed by atoms with E-state index in [-0.39, 0.29) is 22.8 Å². The first-order chi connectivity index (χ1) is 10.9. The van der Waals surface area contributed by atoms with Gasteiger partial charge < -0.3 is 14.9 Å². The summed E-state index contributed by atoms with van der Waals surface area (Å²) in [6.45, 7) is 3.38. The van der Waals surface area contributed by atoms with E-state index in [4.69, 9.17) is 16.3 Å². The number of amides is 1. The molecule has 0 unspecified atom stereocenters. The molecule has 0 fully saturated rings. The lowest BCUT2D eigenvalue weighted by atomic mass is 9.86. The molecule has 24 heavy (non-hydrogen) atoms. The number of hydrogen-bond donors (Lipinski definition) is 2. The Labute approximate surface area is 143 Å². The van der Waals surface area contributed by atoms with E-state index >= 15 is 0 Å². The van der Waals surface area contributed by atoms with E-state index in [1.165, 1.54) is 12.1 Å². The second-order valence-electron chi connectivity index (χ2n) is 6.77. The Morgan fingerprint density at radius 3 is 2.58 bits per heavy atom. The van der Waals surface area contributed by atoms with E-state index < -0.39 is 36.2 Å². The SMILES string of the molecule is CC(C)(C)OC(=O)N1CCC(F)(F)[C@@](O)(CO)c2cc(Cl)ccc21. The summed E-state index contributed by atoms with van der Waals surface area (Å²) < 4.78 is 34.2. The second kappa shape index (κ2) is 6.13. The highest BCUT2D eigenvalue weighted by Gasteiger charge is 2.56. The van der Waals surface area contributed by atoms with Gasteiger partial charge in [0.25, 0.3) is 5.92 Å². The van der Waals surface area contributed by atoms with E-state index in [2.05, 4.69) is 0 Å².